The maximum Gasteiger partial charge on any atom is 0.472 e. The van der Waals surface area contributed by atoms with Gasteiger partial charge in [0.05, 0.1) is 18.1 Å². The summed E-state index contributed by atoms with van der Waals surface area (Å²) in [7, 11) is -3.13. The van der Waals surface area contributed by atoms with E-state index in [0.717, 1.165) is 12.7 Å². The minimum absolute atomic E-state index is 0.0238. The van der Waals surface area contributed by atoms with Crippen LogP contribution in [-0.4, -0.2) is 50.5 Å². The lowest BCUT2D eigenvalue weighted by molar-refractivity contribution is -0.0430. The highest BCUT2D eigenvalue weighted by Gasteiger charge is 2.37. The summed E-state index contributed by atoms with van der Waals surface area (Å²) in [6.45, 7) is 1.58. The quantitative estimate of drug-likeness (QED) is 0.509. The van der Waals surface area contributed by atoms with Crippen LogP contribution in [-0.2, 0) is 24.8 Å². The highest BCUT2D eigenvalue weighted by Crippen LogP contribution is 2.43. The van der Waals surface area contributed by atoms with E-state index in [9.17, 15) is 19.4 Å². The summed E-state index contributed by atoms with van der Waals surface area (Å²) in [6, 6.07) is 0. The third-order valence-electron chi connectivity index (χ3n) is 4.31. The number of aryl methyl sites for hydroxylation is 1. The van der Waals surface area contributed by atoms with Crippen molar-refractivity contribution in [3.8, 4) is 0 Å². The van der Waals surface area contributed by atoms with E-state index in [4.69, 9.17) is 15.0 Å². The van der Waals surface area contributed by atoms with Gasteiger partial charge in [-0.25, -0.2) is 4.57 Å². The number of aromatic nitrogens is 3. The van der Waals surface area contributed by atoms with E-state index < -0.39 is 26.3 Å². The third-order valence-corrected chi connectivity index (χ3v) is 5.24. The molecule has 0 bridgehead atoms. The van der Waals surface area contributed by atoms with Crippen LogP contribution in [0.25, 0.3) is 11.0 Å². The number of aromatic amines is 1. The molecular weight excluding hydrogens is 367 g/mol. The van der Waals surface area contributed by atoms with Crippen LogP contribution in [0.1, 0.15) is 25.1 Å². The number of nitrogens with two attached hydrogens (primary N) is 1. The predicted octanol–water partition coefficient (Wildman–Crippen LogP) is 0.281. The van der Waals surface area contributed by atoms with Gasteiger partial charge in [0.2, 0.25) is 5.95 Å². The van der Waals surface area contributed by atoms with Crippen molar-refractivity contribution in [1.82, 2.24) is 14.5 Å². The second-order valence-electron chi connectivity index (χ2n) is 5.94. The number of nitrogens with zero attached hydrogens (tertiary/aromatic N) is 2. The fraction of sp³-hybridized carbons (Fsp3) is 0.571. The number of H-pyrrole nitrogens is 1. The lowest BCUT2D eigenvalue weighted by Gasteiger charge is -2.17. The lowest BCUT2D eigenvalue weighted by Crippen LogP contribution is -2.26. The van der Waals surface area contributed by atoms with Crippen LogP contribution >= 0.6 is 7.82 Å². The van der Waals surface area contributed by atoms with Crippen molar-refractivity contribution in [2.75, 3.05) is 19.5 Å². The van der Waals surface area contributed by atoms with Crippen LogP contribution < -0.4 is 11.3 Å². The fourth-order valence-electron chi connectivity index (χ4n) is 2.99. The number of rotatable bonds is 6. The zero-order valence-corrected chi connectivity index (χ0v) is 15.2. The number of phosphoric ester groups is 1. The van der Waals surface area contributed by atoms with Gasteiger partial charge in [0, 0.05) is 19.7 Å². The van der Waals surface area contributed by atoms with Crippen LogP contribution in [0, 0.1) is 0 Å². The molecule has 0 radical (unpaired) electrons. The number of nitrogen functional groups attached to an aromatic ring is 1. The molecule has 11 nitrogen and oxygen atoms in total. The Labute approximate surface area is 148 Å². The molecule has 4 atom stereocenters. The Hall–Kier alpha value is -1.75. The van der Waals surface area contributed by atoms with E-state index in [2.05, 4.69) is 14.5 Å². The lowest BCUT2D eigenvalue weighted by atomic mass is 10.2. The van der Waals surface area contributed by atoms with E-state index in [-0.39, 0.29) is 24.5 Å². The number of phosphoric acid groups is 1. The number of hydrogen-bond donors (Lipinski definition) is 4. The van der Waals surface area contributed by atoms with Crippen molar-refractivity contribution in [2.24, 2.45) is 0 Å². The number of aliphatic hydroxyl groups excluding tert-OH is 1. The van der Waals surface area contributed by atoms with E-state index in [0.29, 0.717) is 17.5 Å². The molecule has 5 N–H and O–H groups in total. The summed E-state index contributed by atoms with van der Waals surface area (Å²) in [5.74, 6) is -0.0238. The Balaban J connectivity index is 1.88. The Morgan fingerprint density at radius 2 is 2.31 bits per heavy atom. The zero-order valence-electron chi connectivity index (χ0n) is 14.3. The summed E-state index contributed by atoms with van der Waals surface area (Å²) in [5.41, 5.74) is 6.42. The highest BCUT2D eigenvalue weighted by atomic mass is 31.2. The molecule has 2 aromatic heterocycles. The van der Waals surface area contributed by atoms with Crippen molar-refractivity contribution in [3.63, 3.8) is 0 Å². The molecule has 2 aromatic rings. The second kappa shape index (κ2) is 7.10. The Morgan fingerprint density at radius 1 is 1.58 bits per heavy atom. The molecule has 1 aliphatic heterocycles. The minimum atomic E-state index is -4.17. The number of ether oxygens (including phenoxy) is 1. The Kier molecular flexibility index (Phi) is 5.20. The van der Waals surface area contributed by atoms with Gasteiger partial charge in [-0.05, 0) is 12.0 Å². The Bertz CT molecular complexity index is 911. The molecule has 3 rings (SSSR count). The number of nitrogens with one attached hydrogen (secondary N) is 1. The van der Waals surface area contributed by atoms with Crippen molar-refractivity contribution < 1.29 is 28.3 Å². The molecule has 2 unspecified atom stereocenters. The molecule has 12 heteroatoms. The monoisotopic (exact) mass is 388 g/mol. The molecule has 0 aliphatic carbocycles. The molecule has 0 aromatic carbocycles. The predicted molar refractivity (Wildman–Crippen MR) is 91.5 cm³/mol. The smallest absolute Gasteiger partial charge is 0.390 e. The molecule has 0 saturated carbocycles. The van der Waals surface area contributed by atoms with Crippen LogP contribution in [0.15, 0.2) is 11.0 Å². The van der Waals surface area contributed by atoms with Gasteiger partial charge in [-0.3, -0.25) is 18.8 Å². The number of aliphatic hydroxyl groups is 1. The molecule has 1 fully saturated rings. The van der Waals surface area contributed by atoms with E-state index in [1.54, 1.807) is 10.8 Å². The van der Waals surface area contributed by atoms with Gasteiger partial charge in [0.15, 0.2) is 5.65 Å². The number of hydrogen-bond acceptors (Lipinski definition) is 8. The second-order valence-corrected chi connectivity index (χ2v) is 7.50. The van der Waals surface area contributed by atoms with E-state index in [1.165, 1.54) is 0 Å². The molecule has 144 valence electrons. The summed E-state index contributed by atoms with van der Waals surface area (Å²) < 4.78 is 27.9. The van der Waals surface area contributed by atoms with Crippen molar-refractivity contribution >= 4 is 24.8 Å². The molecule has 0 amide bonds. The first-order valence-electron chi connectivity index (χ1n) is 8.01. The minimum Gasteiger partial charge on any atom is -0.390 e. The van der Waals surface area contributed by atoms with Gasteiger partial charge in [-0.15, -0.1) is 0 Å². The first-order chi connectivity index (χ1) is 12.3. The molecular formula is C14H21N4O7P. The maximum absolute atomic E-state index is 12.2. The van der Waals surface area contributed by atoms with Crippen molar-refractivity contribution in [1.29, 1.82) is 0 Å². The van der Waals surface area contributed by atoms with Crippen molar-refractivity contribution in [3.05, 3.63) is 22.1 Å². The summed E-state index contributed by atoms with van der Waals surface area (Å²) in [4.78, 5) is 28.2. The summed E-state index contributed by atoms with van der Waals surface area (Å²) in [5, 5.41) is 10.6. The van der Waals surface area contributed by atoms with Gasteiger partial charge in [-0.1, -0.05) is 6.92 Å². The molecule has 0 spiro atoms. The van der Waals surface area contributed by atoms with E-state index >= 15 is 0 Å². The summed E-state index contributed by atoms with van der Waals surface area (Å²) in [6.07, 6.45) is 0.130. The first-order valence-corrected chi connectivity index (χ1v) is 9.51. The van der Waals surface area contributed by atoms with E-state index in [1.807, 2.05) is 6.92 Å². The standard InChI is InChI=1S/C14H21N4O7P/c1-3-7-5-18(12-11(7)13(20)17-14(15)16-12)10-4-8(19)9(25-10)6-24-26(21,22)23-2/h5,8-10,19H,3-4,6H2,1-2H3,(H,21,22)(H3,15,16,17,20)/t8?,9-,10-/m1/s1. The molecule has 3 heterocycles. The van der Waals surface area contributed by atoms with Crippen molar-refractivity contribution in [2.45, 2.75) is 38.2 Å². The molecule has 26 heavy (non-hydrogen) atoms. The maximum atomic E-state index is 12.2. The van der Waals surface area contributed by atoms with Gasteiger partial charge in [0.25, 0.3) is 5.56 Å². The van der Waals surface area contributed by atoms with Crippen LogP contribution in [0.3, 0.4) is 0 Å². The van der Waals surface area contributed by atoms with Gasteiger partial charge < -0.3 is 25.0 Å². The van der Waals surface area contributed by atoms with Crippen LogP contribution in [0.5, 0.6) is 0 Å². The normalized spacial score (nSPS) is 25.6. The average molecular weight is 388 g/mol. The molecule has 1 aliphatic rings. The SMILES string of the molecule is CCc1cn([C@H]2CC(O)[C@@H](COP(=O)(O)OC)O2)c2nc(N)[nH]c(=O)c12. The molecule has 1 saturated heterocycles. The third kappa shape index (κ3) is 3.54. The highest BCUT2D eigenvalue weighted by molar-refractivity contribution is 7.47. The largest absolute Gasteiger partial charge is 0.472 e. The zero-order chi connectivity index (χ0) is 19.1. The number of anilines is 1. The number of fused-ring (bicyclic) bond motifs is 1. The topological polar surface area (TPSA) is 162 Å². The van der Waals surface area contributed by atoms with Gasteiger partial charge in [-0.2, -0.15) is 4.98 Å². The van der Waals surface area contributed by atoms with Crippen LogP contribution in [0.4, 0.5) is 5.95 Å². The van der Waals surface area contributed by atoms with Crippen LogP contribution in [0.2, 0.25) is 0 Å². The fourth-order valence-corrected chi connectivity index (χ4v) is 3.43. The summed E-state index contributed by atoms with van der Waals surface area (Å²) >= 11 is 0. The average Bonchev–Trinajstić information content (AvgIpc) is 3.13. The van der Waals surface area contributed by atoms with Gasteiger partial charge >= 0.3 is 7.82 Å². The first kappa shape index (κ1) is 19.0. The Morgan fingerprint density at radius 3 is 2.96 bits per heavy atom. The van der Waals surface area contributed by atoms with Gasteiger partial charge in [0.1, 0.15) is 12.3 Å².